The number of morpholine rings is 1. The number of nitrogens with zero attached hydrogens (tertiary/aromatic N) is 2. The van der Waals surface area contributed by atoms with Crippen LogP contribution in [-0.4, -0.2) is 54.8 Å². The van der Waals surface area contributed by atoms with Gasteiger partial charge in [0.1, 0.15) is 17.7 Å². The number of rotatable bonds is 7. The maximum absolute atomic E-state index is 13.9. The summed E-state index contributed by atoms with van der Waals surface area (Å²) in [6.45, 7) is 7.52. The Labute approximate surface area is 211 Å². The van der Waals surface area contributed by atoms with Crippen molar-refractivity contribution in [2.75, 3.05) is 38.2 Å². The van der Waals surface area contributed by atoms with Crippen LogP contribution in [0.3, 0.4) is 0 Å². The molecule has 3 aromatic rings. The minimum Gasteiger partial charge on any atom is -0.486 e. The fraction of sp³-hybridized carbons (Fsp3) is 0.391. The summed E-state index contributed by atoms with van der Waals surface area (Å²) < 4.78 is 26.0. The van der Waals surface area contributed by atoms with Crippen molar-refractivity contribution in [3.8, 4) is 5.75 Å². The lowest BCUT2D eigenvalue weighted by molar-refractivity contribution is 0.0209. The average molecular weight is 527 g/mol. The monoisotopic (exact) mass is 526 g/mol. The van der Waals surface area contributed by atoms with Crippen molar-refractivity contribution in [2.24, 2.45) is 0 Å². The zero-order valence-corrected chi connectivity index (χ0v) is 21.1. The third-order valence-corrected chi connectivity index (χ3v) is 7.25. The molecule has 1 aromatic heterocycles. The zero-order valence-electron chi connectivity index (χ0n) is 18.7. The first-order valence-corrected chi connectivity index (χ1v) is 12.5. The van der Waals surface area contributed by atoms with E-state index in [1.54, 1.807) is 19.1 Å². The van der Waals surface area contributed by atoms with Crippen LogP contribution in [0.5, 0.6) is 5.75 Å². The molecule has 2 aromatic carbocycles. The Bertz CT molecular complexity index is 1170. The lowest BCUT2D eigenvalue weighted by atomic mass is 10.1. The minimum atomic E-state index is -0.571. The number of hydrogen-bond acceptors (Lipinski definition) is 6. The van der Waals surface area contributed by atoms with E-state index in [0.717, 1.165) is 36.5 Å². The summed E-state index contributed by atoms with van der Waals surface area (Å²) in [6.07, 6.45) is -0.571. The van der Waals surface area contributed by atoms with Crippen LogP contribution >= 0.6 is 34.5 Å². The Hall–Kier alpha value is -2.17. The van der Waals surface area contributed by atoms with E-state index in [0.29, 0.717) is 28.0 Å². The van der Waals surface area contributed by atoms with Gasteiger partial charge in [-0.1, -0.05) is 34.5 Å². The van der Waals surface area contributed by atoms with Gasteiger partial charge in [-0.15, -0.1) is 0 Å². The van der Waals surface area contributed by atoms with Gasteiger partial charge in [0.2, 0.25) is 0 Å². The van der Waals surface area contributed by atoms with Gasteiger partial charge in [-0.2, -0.15) is 0 Å². The smallest absolute Gasteiger partial charge is 0.321 e. The fourth-order valence-electron chi connectivity index (χ4n) is 3.74. The number of urea groups is 1. The Morgan fingerprint density at radius 1 is 1.26 bits per heavy atom. The summed E-state index contributed by atoms with van der Waals surface area (Å²) in [6, 6.07) is 7.95. The van der Waals surface area contributed by atoms with Gasteiger partial charge in [-0.3, -0.25) is 10.2 Å². The molecular weight excluding hydrogens is 502 g/mol. The molecule has 182 valence electrons. The van der Waals surface area contributed by atoms with Crippen LogP contribution in [0.1, 0.15) is 25.5 Å². The lowest BCUT2D eigenvalue weighted by Gasteiger charge is -2.32. The molecule has 2 amide bonds. The van der Waals surface area contributed by atoms with Crippen molar-refractivity contribution in [3.63, 3.8) is 0 Å². The first-order valence-electron chi connectivity index (χ1n) is 10.9. The molecular formula is C23H25Cl2FN4O3S. The molecule has 1 saturated heterocycles. The molecule has 7 nitrogen and oxygen atoms in total. The van der Waals surface area contributed by atoms with Crippen molar-refractivity contribution < 1.29 is 18.7 Å². The van der Waals surface area contributed by atoms with Gasteiger partial charge in [-0.05, 0) is 44.2 Å². The molecule has 1 aliphatic rings. The summed E-state index contributed by atoms with van der Waals surface area (Å²) in [4.78, 5) is 19.1. The lowest BCUT2D eigenvalue weighted by Crippen LogP contribution is -2.47. The van der Waals surface area contributed by atoms with Crippen LogP contribution in [0.4, 0.5) is 14.3 Å². The van der Waals surface area contributed by atoms with Gasteiger partial charge in [-0.25, -0.2) is 14.2 Å². The standard InChI is InChI=1S/C23H25Cl2FN4O3S/c1-13(30-7-9-32-10-8-30)12-27-22(31)29-23-28-18-6-3-15(11-19(18)34-23)33-14(2)20-16(24)4-5-17(26)21(20)25/h3-6,11,13-14H,7-10,12H2,1-2H3,(H2,27,28,29,31). The predicted molar refractivity (Wildman–Crippen MR) is 134 cm³/mol. The van der Waals surface area contributed by atoms with Crippen molar-refractivity contribution >= 4 is 55.9 Å². The van der Waals surface area contributed by atoms with E-state index < -0.39 is 11.9 Å². The number of thiazole rings is 1. The number of fused-ring (bicyclic) bond motifs is 1. The molecule has 34 heavy (non-hydrogen) atoms. The van der Waals surface area contributed by atoms with E-state index in [-0.39, 0.29) is 17.1 Å². The summed E-state index contributed by atoms with van der Waals surface area (Å²) in [5.74, 6) is -0.00172. The number of hydrogen-bond donors (Lipinski definition) is 2. The largest absolute Gasteiger partial charge is 0.486 e. The molecule has 1 fully saturated rings. The molecule has 2 unspecified atom stereocenters. The second kappa shape index (κ2) is 11.0. The van der Waals surface area contributed by atoms with Crippen LogP contribution in [0.15, 0.2) is 30.3 Å². The number of carbonyl (C=O) groups excluding carboxylic acids is 1. The molecule has 2 atom stereocenters. The fourth-order valence-corrected chi connectivity index (χ4v) is 5.31. The van der Waals surface area contributed by atoms with Crippen LogP contribution in [0.25, 0.3) is 10.2 Å². The number of nitrogens with one attached hydrogen (secondary N) is 2. The molecule has 11 heteroatoms. The molecule has 0 spiro atoms. The normalized spacial score (nSPS) is 16.3. The van der Waals surface area contributed by atoms with E-state index in [1.807, 2.05) is 6.07 Å². The van der Waals surface area contributed by atoms with Gasteiger partial charge in [0.25, 0.3) is 0 Å². The van der Waals surface area contributed by atoms with Crippen molar-refractivity contribution in [1.29, 1.82) is 0 Å². The third-order valence-electron chi connectivity index (χ3n) is 5.61. The first kappa shape index (κ1) is 24.9. The summed E-state index contributed by atoms with van der Waals surface area (Å²) in [7, 11) is 0. The van der Waals surface area contributed by atoms with Crippen molar-refractivity contribution in [1.82, 2.24) is 15.2 Å². The van der Waals surface area contributed by atoms with Crippen LogP contribution in [0.2, 0.25) is 10.0 Å². The van der Waals surface area contributed by atoms with Crippen LogP contribution in [-0.2, 0) is 4.74 Å². The van der Waals surface area contributed by atoms with Crippen molar-refractivity contribution in [2.45, 2.75) is 26.0 Å². The second-order valence-corrected chi connectivity index (χ2v) is 9.81. The van der Waals surface area contributed by atoms with E-state index in [1.165, 1.54) is 23.5 Å². The molecule has 0 radical (unpaired) electrons. The predicted octanol–water partition coefficient (Wildman–Crippen LogP) is 5.72. The summed E-state index contributed by atoms with van der Waals surface area (Å²) in [5.41, 5.74) is 1.11. The number of anilines is 1. The van der Waals surface area contributed by atoms with Crippen LogP contribution in [0, 0.1) is 5.82 Å². The van der Waals surface area contributed by atoms with Gasteiger partial charge >= 0.3 is 6.03 Å². The third kappa shape index (κ3) is 5.90. The first-order chi connectivity index (χ1) is 16.3. The van der Waals surface area contributed by atoms with E-state index in [2.05, 4.69) is 27.4 Å². The highest BCUT2D eigenvalue weighted by molar-refractivity contribution is 7.22. The van der Waals surface area contributed by atoms with Gasteiger partial charge in [0.05, 0.1) is 28.5 Å². The minimum absolute atomic E-state index is 0.0562. The molecule has 0 bridgehead atoms. The highest BCUT2D eigenvalue weighted by atomic mass is 35.5. The zero-order chi connectivity index (χ0) is 24.2. The van der Waals surface area contributed by atoms with E-state index in [9.17, 15) is 9.18 Å². The summed E-state index contributed by atoms with van der Waals surface area (Å²) in [5, 5.41) is 6.45. The van der Waals surface area contributed by atoms with E-state index >= 15 is 0 Å². The van der Waals surface area contributed by atoms with Gasteiger partial charge in [0, 0.05) is 36.3 Å². The average Bonchev–Trinajstić information content (AvgIpc) is 3.22. The number of amides is 2. The molecule has 2 heterocycles. The molecule has 1 aliphatic heterocycles. The highest BCUT2D eigenvalue weighted by Crippen LogP contribution is 2.36. The second-order valence-electron chi connectivity index (χ2n) is 8.00. The Kier molecular flexibility index (Phi) is 8.10. The molecule has 0 aliphatic carbocycles. The van der Waals surface area contributed by atoms with Gasteiger partial charge < -0.3 is 14.8 Å². The summed E-state index contributed by atoms with van der Waals surface area (Å²) >= 11 is 13.6. The number of halogens is 3. The highest BCUT2D eigenvalue weighted by Gasteiger charge is 2.20. The van der Waals surface area contributed by atoms with Gasteiger partial charge in [0.15, 0.2) is 5.13 Å². The maximum Gasteiger partial charge on any atom is 0.321 e. The number of benzene rings is 2. The molecule has 4 rings (SSSR count). The maximum atomic E-state index is 13.9. The Morgan fingerprint density at radius 2 is 2.03 bits per heavy atom. The topological polar surface area (TPSA) is 75.7 Å². The quantitative estimate of drug-likeness (QED) is 0.384. The Balaban J connectivity index is 1.37. The number of carbonyl (C=O) groups is 1. The molecule has 2 N–H and O–H groups in total. The SMILES string of the molecule is CC(Oc1ccc2nc(NC(=O)NCC(C)N3CCOCC3)sc2c1)c1c(Cl)ccc(F)c1Cl. The Morgan fingerprint density at radius 3 is 2.79 bits per heavy atom. The van der Waals surface area contributed by atoms with E-state index in [4.69, 9.17) is 32.7 Å². The molecule has 0 saturated carbocycles. The number of aromatic nitrogens is 1. The van der Waals surface area contributed by atoms with Crippen LogP contribution < -0.4 is 15.4 Å². The van der Waals surface area contributed by atoms with Crippen molar-refractivity contribution in [3.05, 3.63) is 51.8 Å². The number of ether oxygens (including phenoxy) is 2.